The fraction of sp³-hybridized carbons (Fsp3) is 0.500. The summed E-state index contributed by atoms with van der Waals surface area (Å²) in [6.07, 6.45) is 1.41. The van der Waals surface area contributed by atoms with Crippen LogP contribution < -0.4 is 5.56 Å². The monoisotopic (exact) mass is 225 g/mol. The molecule has 0 N–H and O–H groups in total. The zero-order chi connectivity index (χ0) is 12.6. The van der Waals surface area contributed by atoms with Gasteiger partial charge < -0.3 is 9.30 Å². The van der Waals surface area contributed by atoms with Gasteiger partial charge in [-0.05, 0) is 19.9 Å². The second-order valence-electron chi connectivity index (χ2n) is 3.21. The zero-order valence-corrected chi connectivity index (χ0v) is 10.3. The Morgan fingerprint density at radius 1 is 1.38 bits per heavy atom. The van der Waals surface area contributed by atoms with Gasteiger partial charge in [0.05, 0.1) is 6.10 Å². The van der Waals surface area contributed by atoms with E-state index < -0.39 is 5.97 Å². The van der Waals surface area contributed by atoms with Gasteiger partial charge in [0.15, 0.2) is 0 Å². The van der Waals surface area contributed by atoms with E-state index in [1.807, 2.05) is 13.8 Å². The van der Waals surface area contributed by atoms with Crippen molar-refractivity contribution >= 4 is 5.97 Å². The summed E-state index contributed by atoms with van der Waals surface area (Å²) in [7, 11) is 0. The molecule has 0 atom stereocenters. The summed E-state index contributed by atoms with van der Waals surface area (Å²) >= 11 is 0. The number of aromatic nitrogens is 1. The highest BCUT2D eigenvalue weighted by Gasteiger charge is 2.06. The highest BCUT2D eigenvalue weighted by atomic mass is 16.5. The summed E-state index contributed by atoms with van der Waals surface area (Å²) in [6, 6.07) is 4.74. The van der Waals surface area contributed by atoms with Gasteiger partial charge in [-0.3, -0.25) is 9.59 Å². The minimum absolute atomic E-state index is 0.0299. The minimum Gasteiger partial charge on any atom is -0.462 e. The molecule has 0 bridgehead atoms. The van der Waals surface area contributed by atoms with Gasteiger partial charge >= 0.3 is 5.97 Å². The molecule has 0 saturated heterocycles. The average molecular weight is 225 g/mol. The van der Waals surface area contributed by atoms with Crippen LogP contribution in [0.1, 0.15) is 27.7 Å². The first-order chi connectivity index (χ1) is 7.59. The molecule has 0 fully saturated rings. The van der Waals surface area contributed by atoms with Crippen LogP contribution in [0.5, 0.6) is 0 Å². The van der Waals surface area contributed by atoms with Crippen molar-refractivity contribution in [1.82, 2.24) is 4.57 Å². The Balaban J connectivity index is 0.00000106. The van der Waals surface area contributed by atoms with E-state index in [-0.39, 0.29) is 18.2 Å². The lowest BCUT2D eigenvalue weighted by Crippen LogP contribution is -2.25. The zero-order valence-electron chi connectivity index (χ0n) is 10.3. The van der Waals surface area contributed by atoms with E-state index in [9.17, 15) is 9.59 Å². The van der Waals surface area contributed by atoms with Crippen molar-refractivity contribution < 1.29 is 9.53 Å². The Kier molecular flexibility index (Phi) is 6.92. The van der Waals surface area contributed by atoms with Crippen LogP contribution in [0.2, 0.25) is 0 Å². The number of carbonyl (C=O) groups excluding carboxylic acids is 1. The molecule has 16 heavy (non-hydrogen) atoms. The van der Waals surface area contributed by atoms with E-state index in [2.05, 4.69) is 0 Å². The lowest BCUT2D eigenvalue weighted by Gasteiger charge is -2.08. The predicted molar refractivity (Wildman–Crippen MR) is 63.3 cm³/mol. The smallest absolute Gasteiger partial charge is 0.326 e. The van der Waals surface area contributed by atoms with Crippen LogP contribution in [-0.4, -0.2) is 16.6 Å². The number of esters is 1. The fourth-order valence-electron chi connectivity index (χ4n) is 1.03. The summed E-state index contributed by atoms with van der Waals surface area (Å²) in [5.74, 6) is -0.395. The van der Waals surface area contributed by atoms with E-state index >= 15 is 0 Å². The van der Waals surface area contributed by atoms with Gasteiger partial charge in [0.2, 0.25) is 0 Å². The van der Waals surface area contributed by atoms with E-state index in [1.165, 1.54) is 10.6 Å². The molecule has 0 aliphatic rings. The van der Waals surface area contributed by atoms with Crippen molar-refractivity contribution in [3.8, 4) is 0 Å². The van der Waals surface area contributed by atoms with Crippen molar-refractivity contribution in [2.75, 3.05) is 0 Å². The molecular formula is C12H19NO3. The molecular weight excluding hydrogens is 206 g/mol. The maximum Gasteiger partial charge on any atom is 0.326 e. The summed E-state index contributed by atoms with van der Waals surface area (Å²) in [4.78, 5) is 22.4. The molecule has 1 aromatic rings. The maximum absolute atomic E-state index is 11.2. The summed E-state index contributed by atoms with van der Waals surface area (Å²) in [5.41, 5.74) is -0.201. The Labute approximate surface area is 95.9 Å². The molecule has 90 valence electrons. The number of nitrogens with zero attached hydrogens (tertiary/aromatic N) is 1. The first-order valence-electron chi connectivity index (χ1n) is 5.44. The molecule has 0 saturated carbocycles. The molecule has 0 aromatic carbocycles. The van der Waals surface area contributed by atoms with Crippen molar-refractivity contribution in [2.24, 2.45) is 0 Å². The van der Waals surface area contributed by atoms with E-state index in [0.717, 1.165) is 0 Å². The third-order valence-electron chi connectivity index (χ3n) is 1.57. The Morgan fingerprint density at radius 2 is 2.00 bits per heavy atom. The largest absolute Gasteiger partial charge is 0.462 e. The van der Waals surface area contributed by atoms with Gasteiger partial charge in [0, 0.05) is 12.3 Å². The second kappa shape index (κ2) is 7.68. The number of carbonyl (C=O) groups is 1. The highest BCUT2D eigenvalue weighted by molar-refractivity contribution is 5.69. The maximum atomic E-state index is 11.2. The van der Waals surface area contributed by atoms with E-state index in [4.69, 9.17) is 4.74 Å². The molecule has 0 unspecified atom stereocenters. The van der Waals surface area contributed by atoms with Gasteiger partial charge in [-0.15, -0.1) is 0 Å². The Bertz CT molecular complexity index is 369. The van der Waals surface area contributed by atoms with Crippen molar-refractivity contribution in [3.63, 3.8) is 0 Å². The van der Waals surface area contributed by atoms with Crippen molar-refractivity contribution in [2.45, 2.75) is 40.3 Å². The molecule has 0 radical (unpaired) electrons. The molecule has 1 rings (SSSR count). The number of hydrogen-bond donors (Lipinski definition) is 0. The van der Waals surface area contributed by atoms with E-state index in [1.54, 1.807) is 32.2 Å². The number of ether oxygens (including phenoxy) is 1. The lowest BCUT2D eigenvalue weighted by atomic mass is 10.4. The van der Waals surface area contributed by atoms with Crippen LogP contribution in [0, 0.1) is 0 Å². The predicted octanol–water partition coefficient (Wildman–Crippen LogP) is 1.83. The van der Waals surface area contributed by atoms with Crippen molar-refractivity contribution in [3.05, 3.63) is 34.7 Å². The number of pyridine rings is 1. The van der Waals surface area contributed by atoms with Crippen LogP contribution in [0.25, 0.3) is 0 Å². The number of hydrogen-bond acceptors (Lipinski definition) is 3. The Morgan fingerprint density at radius 3 is 2.50 bits per heavy atom. The van der Waals surface area contributed by atoms with Gasteiger partial charge in [-0.2, -0.15) is 0 Å². The van der Waals surface area contributed by atoms with Crippen LogP contribution in [0.3, 0.4) is 0 Å². The normalized spacial score (nSPS) is 9.31. The molecule has 0 amide bonds. The average Bonchev–Trinajstić information content (AvgIpc) is 2.23. The fourth-order valence-corrected chi connectivity index (χ4v) is 1.03. The first kappa shape index (κ1) is 14.4. The molecule has 1 heterocycles. The number of rotatable bonds is 3. The summed E-state index contributed by atoms with van der Waals surface area (Å²) in [5, 5.41) is 0. The quantitative estimate of drug-likeness (QED) is 0.737. The topological polar surface area (TPSA) is 48.3 Å². The van der Waals surface area contributed by atoms with Gasteiger partial charge in [0.25, 0.3) is 5.56 Å². The third kappa shape index (κ3) is 5.34. The molecule has 4 nitrogen and oxygen atoms in total. The standard InChI is InChI=1S/C10H13NO3.C2H6/c1-8(2)14-10(13)7-11-6-4-3-5-9(11)12;1-2/h3-6,8H,7H2,1-2H3;1-2H3. The Hall–Kier alpha value is -1.58. The van der Waals surface area contributed by atoms with E-state index in [0.29, 0.717) is 0 Å². The first-order valence-corrected chi connectivity index (χ1v) is 5.44. The molecule has 0 aliphatic carbocycles. The molecule has 0 spiro atoms. The van der Waals surface area contributed by atoms with Crippen LogP contribution in [0.4, 0.5) is 0 Å². The lowest BCUT2D eigenvalue weighted by molar-refractivity contribution is -0.148. The SMILES string of the molecule is CC.CC(C)OC(=O)Cn1ccccc1=O. The van der Waals surface area contributed by atoms with Gasteiger partial charge in [0.1, 0.15) is 6.54 Å². The van der Waals surface area contributed by atoms with Crippen LogP contribution >= 0.6 is 0 Å². The minimum atomic E-state index is -0.395. The van der Waals surface area contributed by atoms with Crippen LogP contribution in [-0.2, 0) is 16.1 Å². The highest BCUT2D eigenvalue weighted by Crippen LogP contribution is 1.91. The van der Waals surface area contributed by atoms with Gasteiger partial charge in [-0.25, -0.2) is 0 Å². The molecule has 1 aromatic heterocycles. The third-order valence-corrected chi connectivity index (χ3v) is 1.57. The molecule has 4 heteroatoms. The van der Waals surface area contributed by atoms with Gasteiger partial charge in [-0.1, -0.05) is 19.9 Å². The molecule has 0 aliphatic heterocycles. The van der Waals surface area contributed by atoms with Crippen LogP contribution in [0.15, 0.2) is 29.2 Å². The van der Waals surface area contributed by atoms with Crippen molar-refractivity contribution in [1.29, 1.82) is 0 Å². The summed E-state index contributed by atoms with van der Waals surface area (Å²) in [6.45, 7) is 7.51. The summed E-state index contributed by atoms with van der Waals surface area (Å²) < 4.78 is 6.22. The second-order valence-corrected chi connectivity index (χ2v) is 3.21.